The van der Waals surface area contributed by atoms with E-state index in [2.05, 4.69) is 20.3 Å². The monoisotopic (exact) mass is 282 g/mol. The molecule has 2 aromatic heterocycles. The minimum Gasteiger partial charge on any atom is -0.469 e. The fraction of sp³-hybridized carbons (Fsp3) is 0.417. The van der Waals surface area contributed by atoms with Crippen LogP contribution in [0.2, 0.25) is 5.28 Å². The smallest absolute Gasteiger partial charge is 0.322 e. The standard InChI is InChI=1S/C12H15ClN4O2/c1-8(5-6-9-4-3-7-19-9)14-11-15-10(13)16-12(17-11)18-2/h3-4,7-8H,5-6H2,1-2H3,(H,14,15,16,17). The third-order valence-electron chi connectivity index (χ3n) is 2.55. The number of methoxy groups -OCH3 is 1. The van der Waals surface area contributed by atoms with Crippen molar-refractivity contribution in [2.24, 2.45) is 0 Å². The summed E-state index contributed by atoms with van der Waals surface area (Å²) in [5.74, 6) is 1.36. The maximum atomic E-state index is 5.77. The van der Waals surface area contributed by atoms with E-state index in [4.69, 9.17) is 20.8 Å². The van der Waals surface area contributed by atoms with Crippen molar-refractivity contribution in [1.82, 2.24) is 15.0 Å². The van der Waals surface area contributed by atoms with Gasteiger partial charge in [-0.2, -0.15) is 15.0 Å². The van der Waals surface area contributed by atoms with E-state index in [1.165, 1.54) is 7.11 Å². The highest BCUT2D eigenvalue weighted by Crippen LogP contribution is 2.13. The number of halogens is 1. The number of ether oxygens (including phenoxy) is 1. The van der Waals surface area contributed by atoms with E-state index < -0.39 is 0 Å². The molecule has 0 aromatic carbocycles. The van der Waals surface area contributed by atoms with Gasteiger partial charge in [0.15, 0.2) is 0 Å². The van der Waals surface area contributed by atoms with Crippen LogP contribution in [0.25, 0.3) is 0 Å². The number of hydrogen-bond donors (Lipinski definition) is 1. The number of anilines is 1. The van der Waals surface area contributed by atoms with Crippen LogP contribution < -0.4 is 10.1 Å². The second-order valence-corrected chi connectivity index (χ2v) is 4.42. The average molecular weight is 283 g/mol. The molecule has 7 heteroatoms. The van der Waals surface area contributed by atoms with E-state index in [1.807, 2.05) is 19.1 Å². The molecule has 0 aliphatic carbocycles. The Kier molecular flexibility index (Phi) is 4.57. The Hall–Kier alpha value is -1.82. The van der Waals surface area contributed by atoms with E-state index in [1.54, 1.807) is 6.26 Å². The maximum absolute atomic E-state index is 5.77. The summed E-state index contributed by atoms with van der Waals surface area (Å²) in [6, 6.07) is 4.20. The van der Waals surface area contributed by atoms with Gasteiger partial charge in [-0.3, -0.25) is 0 Å². The van der Waals surface area contributed by atoms with Crippen LogP contribution in [0.1, 0.15) is 19.1 Å². The summed E-state index contributed by atoms with van der Waals surface area (Å²) in [7, 11) is 1.48. The molecule has 0 aliphatic rings. The molecule has 0 saturated heterocycles. The van der Waals surface area contributed by atoms with Crippen LogP contribution in [-0.4, -0.2) is 28.1 Å². The number of nitrogens with zero attached hydrogens (tertiary/aromatic N) is 3. The second kappa shape index (κ2) is 6.38. The largest absolute Gasteiger partial charge is 0.469 e. The van der Waals surface area contributed by atoms with E-state index in [-0.39, 0.29) is 17.3 Å². The molecule has 2 rings (SSSR count). The van der Waals surface area contributed by atoms with Gasteiger partial charge < -0.3 is 14.5 Å². The van der Waals surface area contributed by atoms with Crippen LogP contribution >= 0.6 is 11.6 Å². The summed E-state index contributed by atoms with van der Waals surface area (Å²) in [5, 5.41) is 3.26. The quantitative estimate of drug-likeness (QED) is 0.878. The lowest BCUT2D eigenvalue weighted by Gasteiger charge is -2.13. The maximum Gasteiger partial charge on any atom is 0.322 e. The molecule has 1 unspecified atom stereocenters. The molecule has 2 aromatic rings. The van der Waals surface area contributed by atoms with E-state index >= 15 is 0 Å². The molecule has 6 nitrogen and oxygen atoms in total. The number of rotatable bonds is 6. The molecule has 0 bridgehead atoms. The second-order valence-electron chi connectivity index (χ2n) is 4.08. The first-order chi connectivity index (χ1) is 9.17. The molecule has 0 aliphatic heterocycles. The molecule has 0 radical (unpaired) electrons. The molecule has 102 valence electrons. The molecule has 0 saturated carbocycles. The van der Waals surface area contributed by atoms with Gasteiger partial charge in [0.25, 0.3) is 0 Å². The minimum atomic E-state index is 0.104. The number of furan rings is 1. The van der Waals surface area contributed by atoms with Crippen LogP contribution in [0.5, 0.6) is 6.01 Å². The summed E-state index contributed by atoms with van der Waals surface area (Å²) >= 11 is 5.77. The molecule has 0 fully saturated rings. The lowest BCUT2D eigenvalue weighted by atomic mass is 10.1. The zero-order chi connectivity index (χ0) is 13.7. The zero-order valence-corrected chi connectivity index (χ0v) is 11.5. The molecule has 19 heavy (non-hydrogen) atoms. The first-order valence-corrected chi connectivity index (χ1v) is 6.29. The van der Waals surface area contributed by atoms with Gasteiger partial charge in [-0.25, -0.2) is 0 Å². The highest BCUT2D eigenvalue weighted by Gasteiger charge is 2.09. The average Bonchev–Trinajstić information content (AvgIpc) is 2.88. The van der Waals surface area contributed by atoms with E-state index in [9.17, 15) is 0 Å². The van der Waals surface area contributed by atoms with Gasteiger partial charge in [-0.15, -0.1) is 0 Å². The predicted octanol–water partition coefficient (Wildman–Crippen LogP) is 2.56. The predicted molar refractivity (Wildman–Crippen MR) is 71.5 cm³/mol. The summed E-state index contributed by atoms with van der Waals surface area (Å²) in [6.07, 6.45) is 3.40. The first kappa shape index (κ1) is 13.6. The topological polar surface area (TPSA) is 73.1 Å². The number of aromatic nitrogens is 3. The van der Waals surface area contributed by atoms with Crippen LogP contribution in [0, 0.1) is 0 Å². The molecule has 2 heterocycles. The molecule has 1 N–H and O–H groups in total. The minimum absolute atomic E-state index is 0.104. The molecule has 0 spiro atoms. The third kappa shape index (κ3) is 4.10. The van der Waals surface area contributed by atoms with Gasteiger partial charge in [0.05, 0.1) is 13.4 Å². The van der Waals surface area contributed by atoms with Gasteiger partial charge in [0.1, 0.15) is 5.76 Å². The molecule has 0 amide bonds. The van der Waals surface area contributed by atoms with Gasteiger partial charge in [-0.1, -0.05) is 0 Å². The Labute approximate surface area is 116 Å². The lowest BCUT2D eigenvalue weighted by Crippen LogP contribution is -2.18. The fourth-order valence-electron chi connectivity index (χ4n) is 1.59. The normalized spacial score (nSPS) is 12.2. The summed E-state index contributed by atoms with van der Waals surface area (Å²) < 4.78 is 10.2. The Morgan fingerprint density at radius 1 is 1.42 bits per heavy atom. The number of hydrogen-bond acceptors (Lipinski definition) is 6. The first-order valence-electron chi connectivity index (χ1n) is 5.92. The highest BCUT2D eigenvalue weighted by atomic mass is 35.5. The van der Waals surface area contributed by atoms with E-state index in [0.29, 0.717) is 5.95 Å². The van der Waals surface area contributed by atoms with E-state index in [0.717, 1.165) is 18.6 Å². The third-order valence-corrected chi connectivity index (χ3v) is 2.72. The highest BCUT2D eigenvalue weighted by molar-refractivity contribution is 6.28. The van der Waals surface area contributed by atoms with Gasteiger partial charge in [0.2, 0.25) is 11.2 Å². The van der Waals surface area contributed by atoms with Gasteiger partial charge in [0, 0.05) is 12.5 Å². The van der Waals surface area contributed by atoms with Gasteiger partial charge in [-0.05, 0) is 37.1 Å². The van der Waals surface area contributed by atoms with Crippen molar-refractivity contribution in [3.05, 3.63) is 29.4 Å². The summed E-state index contributed by atoms with van der Waals surface area (Å²) in [5.41, 5.74) is 0. The van der Waals surface area contributed by atoms with Crippen LogP contribution in [-0.2, 0) is 6.42 Å². The van der Waals surface area contributed by atoms with Crippen molar-refractivity contribution in [1.29, 1.82) is 0 Å². The van der Waals surface area contributed by atoms with Crippen molar-refractivity contribution in [2.45, 2.75) is 25.8 Å². The Balaban J connectivity index is 1.91. The van der Waals surface area contributed by atoms with Crippen LogP contribution in [0.15, 0.2) is 22.8 Å². The zero-order valence-electron chi connectivity index (χ0n) is 10.8. The Morgan fingerprint density at radius 2 is 2.26 bits per heavy atom. The summed E-state index contributed by atoms with van der Waals surface area (Å²) in [6.45, 7) is 2.03. The van der Waals surface area contributed by atoms with Crippen LogP contribution in [0.3, 0.4) is 0 Å². The van der Waals surface area contributed by atoms with Crippen molar-refractivity contribution in [3.63, 3.8) is 0 Å². The molecule has 1 atom stereocenters. The fourth-order valence-corrected chi connectivity index (χ4v) is 1.75. The van der Waals surface area contributed by atoms with Crippen molar-refractivity contribution >= 4 is 17.5 Å². The SMILES string of the molecule is COc1nc(Cl)nc(NC(C)CCc2ccco2)n1. The number of nitrogens with one attached hydrogen (secondary N) is 1. The van der Waals surface area contributed by atoms with Crippen molar-refractivity contribution < 1.29 is 9.15 Å². The van der Waals surface area contributed by atoms with Crippen LogP contribution in [0.4, 0.5) is 5.95 Å². The molecular formula is C12H15ClN4O2. The van der Waals surface area contributed by atoms with Crippen molar-refractivity contribution in [2.75, 3.05) is 12.4 Å². The Morgan fingerprint density at radius 3 is 2.95 bits per heavy atom. The lowest BCUT2D eigenvalue weighted by molar-refractivity contribution is 0.378. The van der Waals surface area contributed by atoms with Crippen molar-refractivity contribution in [3.8, 4) is 6.01 Å². The Bertz CT molecular complexity index is 518. The summed E-state index contributed by atoms with van der Waals surface area (Å²) in [4.78, 5) is 11.9. The van der Waals surface area contributed by atoms with Gasteiger partial charge >= 0.3 is 6.01 Å². The molecular weight excluding hydrogens is 268 g/mol. The number of aryl methyl sites for hydroxylation is 1.